The molecule has 94 valence electrons. The molecule has 0 aliphatic carbocycles. The summed E-state index contributed by atoms with van der Waals surface area (Å²) in [6.07, 6.45) is 2.24. The summed E-state index contributed by atoms with van der Waals surface area (Å²) in [7, 11) is 2.15. The van der Waals surface area contributed by atoms with Crippen LogP contribution in [0.3, 0.4) is 0 Å². The van der Waals surface area contributed by atoms with Gasteiger partial charge in [0.2, 0.25) is 0 Å². The average molecular weight is 234 g/mol. The van der Waals surface area contributed by atoms with Gasteiger partial charge in [-0.3, -0.25) is 4.90 Å². The van der Waals surface area contributed by atoms with E-state index >= 15 is 0 Å². The van der Waals surface area contributed by atoms with Crippen LogP contribution < -0.4 is 5.73 Å². The Balaban J connectivity index is 2.04. The molecule has 3 nitrogen and oxygen atoms in total. The maximum atomic E-state index is 5.97. The van der Waals surface area contributed by atoms with Crippen molar-refractivity contribution in [3.8, 4) is 0 Å². The van der Waals surface area contributed by atoms with Crippen LogP contribution >= 0.6 is 0 Å². The molecule has 1 unspecified atom stereocenters. The third kappa shape index (κ3) is 2.86. The zero-order valence-electron chi connectivity index (χ0n) is 10.6. The van der Waals surface area contributed by atoms with E-state index in [-0.39, 0.29) is 5.54 Å². The lowest BCUT2D eigenvalue weighted by molar-refractivity contribution is -0.0374. The van der Waals surface area contributed by atoms with E-state index in [0.29, 0.717) is 6.54 Å². The van der Waals surface area contributed by atoms with E-state index in [1.807, 2.05) is 6.07 Å². The summed E-state index contributed by atoms with van der Waals surface area (Å²) >= 11 is 0. The number of nitrogens with zero attached hydrogens (tertiary/aromatic N) is 1. The topological polar surface area (TPSA) is 38.5 Å². The molecule has 0 spiro atoms. The van der Waals surface area contributed by atoms with Crippen LogP contribution in [0.1, 0.15) is 18.4 Å². The van der Waals surface area contributed by atoms with Crippen molar-refractivity contribution >= 4 is 0 Å². The lowest BCUT2D eigenvalue weighted by Crippen LogP contribution is -2.56. The Bertz CT molecular complexity index is 333. The number of benzene rings is 1. The van der Waals surface area contributed by atoms with E-state index in [4.69, 9.17) is 10.5 Å². The van der Waals surface area contributed by atoms with Crippen molar-refractivity contribution in [2.75, 3.05) is 26.8 Å². The van der Waals surface area contributed by atoms with Gasteiger partial charge in [0.15, 0.2) is 0 Å². The molecule has 1 aliphatic heterocycles. The molecule has 1 fully saturated rings. The minimum absolute atomic E-state index is 0.0219. The number of hydrogen-bond acceptors (Lipinski definition) is 3. The monoisotopic (exact) mass is 234 g/mol. The van der Waals surface area contributed by atoms with Gasteiger partial charge in [0.1, 0.15) is 0 Å². The second kappa shape index (κ2) is 5.63. The summed E-state index contributed by atoms with van der Waals surface area (Å²) in [6, 6.07) is 10.5. The largest absolute Gasteiger partial charge is 0.379 e. The number of likely N-dealkylation sites (N-methyl/N-ethyl adjacent to an activating group) is 1. The van der Waals surface area contributed by atoms with Crippen molar-refractivity contribution in [3.05, 3.63) is 35.9 Å². The summed E-state index contributed by atoms with van der Waals surface area (Å²) in [5, 5.41) is 0. The fourth-order valence-electron chi connectivity index (χ4n) is 2.48. The van der Waals surface area contributed by atoms with Crippen LogP contribution in [0.4, 0.5) is 0 Å². The van der Waals surface area contributed by atoms with Crippen LogP contribution in [0.15, 0.2) is 30.3 Å². The molecular weight excluding hydrogens is 212 g/mol. The minimum Gasteiger partial charge on any atom is -0.379 e. The highest BCUT2D eigenvalue weighted by atomic mass is 16.5. The maximum Gasteiger partial charge on any atom is 0.0662 e. The Morgan fingerprint density at radius 3 is 2.71 bits per heavy atom. The van der Waals surface area contributed by atoms with Gasteiger partial charge in [0.25, 0.3) is 0 Å². The van der Waals surface area contributed by atoms with E-state index in [1.165, 1.54) is 5.56 Å². The van der Waals surface area contributed by atoms with E-state index < -0.39 is 0 Å². The molecule has 1 heterocycles. The number of hydrogen-bond donors (Lipinski definition) is 1. The number of ether oxygens (including phenoxy) is 1. The molecule has 1 aromatic carbocycles. The molecule has 1 aromatic rings. The first-order valence-corrected chi connectivity index (χ1v) is 6.30. The highest BCUT2D eigenvalue weighted by molar-refractivity contribution is 5.15. The molecule has 17 heavy (non-hydrogen) atoms. The van der Waals surface area contributed by atoms with Gasteiger partial charge in [-0.1, -0.05) is 30.3 Å². The van der Waals surface area contributed by atoms with Crippen molar-refractivity contribution < 1.29 is 4.74 Å². The van der Waals surface area contributed by atoms with Gasteiger partial charge in [-0.05, 0) is 25.5 Å². The van der Waals surface area contributed by atoms with Gasteiger partial charge in [0, 0.05) is 19.7 Å². The lowest BCUT2D eigenvalue weighted by atomic mass is 9.90. The van der Waals surface area contributed by atoms with E-state index in [2.05, 4.69) is 36.2 Å². The van der Waals surface area contributed by atoms with E-state index in [9.17, 15) is 0 Å². The molecule has 1 atom stereocenters. The standard InChI is InChI=1S/C14H22N2O/c1-16(10-13-6-3-2-4-7-13)14(11-15)8-5-9-17-12-14/h2-4,6-7H,5,8-12,15H2,1H3. The molecule has 1 aliphatic rings. The Morgan fingerprint density at radius 1 is 1.35 bits per heavy atom. The zero-order chi connectivity index (χ0) is 12.1. The Morgan fingerprint density at radius 2 is 2.12 bits per heavy atom. The second-order valence-electron chi connectivity index (χ2n) is 4.93. The Labute approximate surface area is 104 Å². The summed E-state index contributed by atoms with van der Waals surface area (Å²) in [5.74, 6) is 0. The van der Waals surface area contributed by atoms with E-state index in [1.54, 1.807) is 0 Å². The highest BCUT2D eigenvalue weighted by Gasteiger charge is 2.35. The highest BCUT2D eigenvalue weighted by Crippen LogP contribution is 2.25. The first kappa shape index (κ1) is 12.6. The molecule has 2 N–H and O–H groups in total. The van der Waals surface area contributed by atoms with Crippen LogP contribution in [-0.4, -0.2) is 37.2 Å². The smallest absolute Gasteiger partial charge is 0.0662 e. The normalized spacial score (nSPS) is 25.1. The SMILES string of the molecule is CN(Cc1ccccc1)C1(CN)CCCOC1. The third-order valence-corrected chi connectivity index (χ3v) is 3.75. The fourth-order valence-corrected chi connectivity index (χ4v) is 2.48. The second-order valence-corrected chi connectivity index (χ2v) is 4.93. The van der Waals surface area contributed by atoms with Crippen LogP contribution in [0.25, 0.3) is 0 Å². The van der Waals surface area contributed by atoms with Crippen LogP contribution in [0, 0.1) is 0 Å². The van der Waals surface area contributed by atoms with Gasteiger partial charge >= 0.3 is 0 Å². The summed E-state index contributed by atoms with van der Waals surface area (Å²) in [5.41, 5.74) is 7.32. The summed E-state index contributed by atoms with van der Waals surface area (Å²) < 4.78 is 5.61. The third-order valence-electron chi connectivity index (χ3n) is 3.75. The maximum absolute atomic E-state index is 5.97. The summed E-state index contributed by atoms with van der Waals surface area (Å²) in [4.78, 5) is 2.35. The van der Waals surface area contributed by atoms with Crippen LogP contribution in [-0.2, 0) is 11.3 Å². The molecular formula is C14H22N2O. The Kier molecular flexibility index (Phi) is 4.15. The quantitative estimate of drug-likeness (QED) is 0.860. The van der Waals surface area contributed by atoms with Crippen molar-refractivity contribution in [1.82, 2.24) is 4.90 Å². The van der Waals surface area contributed by atoms with Crippen LogP contribution in [0.5, 0.6) is 0 Å². The van der Waals surface area contributed by atoms with E-state index in [0.717, 1.165) is 32.6 Å². The number of rotatable bonds is 4. The van der Waals surface area contributed by atoms with Gasteiger partial charge < -0.3 is 10.5 Å². The molecule has 0 radical (unpaired) electrons. The first-order chi connectivity index (χ1) is 8.27. The fraction of sp³-hybridized carbons (Fsp3) is 0.571. The van der Waals surface area contributed by atoms with Gasteiger partial charge in [-0.25, -0.2) is 0 Å². The minimum atomic E-state index is 0.0219. The molecule has 0 amide bonds. The van der Waals surface area contributed by atoms with Crippen molar-refractivity contribution in [2.24, 2.45) is 5.73 Å². The van der Waals surface area contributed by atoms with Crippen molar-refractivity contribution in [3.63, 3.8) is 0 Å². The first-order valence-electron chi connectivity index (χ1n) is 6.30. The molecule has 0 saturated carbocycles. The van der Waals surface area contributed by atoms with Gasteiger partial charge in [-0.2, -0.15) is 0 Å². The Hall–Kier alpha value is -0.900. The van der Waals surface area contributed by atoms with Crippen LogP contribution in [0.2, 0.25) is 0 Å². The van der Waals surface area contributed by atoms with Crippen molar-refractivity contribution in [1.29, 1.82) is 0 Å². The number of nitrogens with two attached hydrogens (primary N) is 1. The predicted octanol–water partition coefficient (Wildman–Crippen LogP) is 1.63. The molecule has 2 rings (SSSR count). The van der Waals surface area contributed by atoms with Crippen molar-refractivity contribution in [2.45, 2.75) is 24.9 Å². The summed E-state index contributed by atoms with van der Waals surface area (Å²) in [6.45, 7) is 3.23. The molecule has 3 heteroatoms. The lowest BCUT2D eigenvalue weighted by Gasteiger charge is -2.43. The van der Waals surface area contributed by atoms with Gasteiger partial charge in [-0.15, -0.1) is 0 Å². The molecule has 1 saturated heterocycles. The van der Waals surface area contributed by atoms with Gasteiger partial charge in [0.05, 0.1) is 12.1 Å². The molecule has 0 aromatic heterocycles. The average Bonchev–Trinajstić information content (AvgIpc) is 2.40. The molecule has 0 bridgehead atoms. The zero-order valence-corrected chi connectivity index (χ0v) is 10.6. The predicted molar refractivity (Wildman–Crippen MR) is 69.7 cm³/mol.